The van der Waals surface area contributed by atoms with Crippen molar-refractivity contribution in [2.75, 3.05) is 0 Å². The van der Waals surface area contributed by atoms with Crippen LogP contribution in [-0.4, -0.2) is 0 Å². The predicted octanol–water partition coefficient (Wildman–Crippen LogP) is 5.06. The highest BCUT2D eigenvalue weighted by atomic mass is 13.8. The first-order valence-corrected chi connectivity index (χ1v) is 4.96. The molecule has 0 aliphatic rings. The molecule has 0 rings (SSSR count). The van der Waals surface area contributed by atoms with Crippen LogP contribution in [0.3, 0.4) is 0 Å². The summed E-state index contributed by atoms with van der Waals surface area (Å²) in [6.45, 7) is 15.8. The van der Waals surface area contributed by atoms with Gasteiger partial charge in [-0.25, -0.2) is 0 Å². The maximum Gasteiger partial charge on any atom is -0.0401 e. The van der Waals surface area contributed by atoms with Crippen molar-refractivity contribution >= 4 is 0 Å². The lowest BCUT2D eigenvalue weighted by molar-refractivity contribution is 1.39. The maximum atomic E-state index is 3.56. The van der Waals surface area contributed by atoms with Crippen molar-refractivity contribution in [3.8, 4) is 0 Å². The number of hydrogen-bond acceptors (Lipinski definition) is 0. The van der Waals surface area contributed by atoms with E-state index >= 15 is 0 Å². The monoisotopic (exact) mass is 192 g/mol. The van der Waals surface area contributed by atoms with Crippen molar-refractivity contribution in [2.45, 2.75) is 41.5 Å². The zero-order chi connectivity index (χ0) is 11.6. The van der Waals surface area contributed by atoms with Crippen LogP contribution in [-0.2, 0) is 0 Å². The third-order valence-corrected chi connectivity index (χ3v) is 1.24. The van der Waals surface area contributed by atoms with E-state index in [0.717, 1.165) is 0 Å². The smallest absolute Gasteiger partial charge is 0.0401 e. The molecule has 0 aromatic heterocycles. The van der Waals surface area contributed by atoms with Crippen LogP contribution in [0.15, 0.2) is 47.6 Å². The lowest BCUT2D eigenvalue weighted by atomic mass is 10.2. The fraction of sp³-hybridized carbons (Fsp3) is 0.429. The van der Waals surface area contributed by atoms with Crippen molar-refractivity contribution in [1.82, 2.24) is 0 Å². The Bertz CT molecular complexity index is 229. The first kappa shape index (κ1) is 15.4. The summed E-state index contributed by atoms with van der Waals surface area (Å²) in [7, 11) is 0. The van der Waals surface area contributed by atoms with E-state index in [0.29, 0.717) is 0 Å². The molecule has 0 N–H and O–H groups in total. The highest BCUT2D eigenvalue weighted by molar-refractivity contribution is 5.20. The van der Waals surface area contributed by atoms with Crippen LogP contribution in [0.2, 0.25) is 0 Å². The summed E-state index contributed by atoms with van der Waals surface area (Å²) in [6.07, 6.45) is 8.38. The summed E-state index contributed by atoms with van der Waals surface area (Å²) < 4.78 is 0. The zero-order valence-corrected chi connectivity index (χ0v) is 10.5. The standard InChI is InChI=1S/C10H16.C4H8/c1-5-10(4)8-6-7-9(2)3;1-4(2)3/h5-8H,1-4H3;1H2,2-3H3/b8-6+,10-5+;. The van der Waals surface area contributed by atoms with Gasteiger partial charge in [0.25, 0.3) is 0 Å². The van der Waals surface area contributed by atoms with E-state index in [1.54, 1.807) is 0 Å². The number of rotatable bonds is 2. The van der Waals surface area contributed by atoms with Gasteiger partial charge < -0.3 is 0 Å². The molecule has 0 aliphatic carbocycles. The largest absolute Gasteiger partial charge is 0.100 e. The minimum atomic E-state index is 1.17. The van der Waals surface area contributed by atoms with Crippen LogP contribution in [0.1, 0.15) is 41.5 Å². The molecule has 0 aliphatic heterocycles. The molecule has 0 amide bonds. The van der Waals surface area contributed by atoms with Crippen LogP contribution < -0.4 is 0 Å². The molecule has 0 unspecified atom stereocenters. The number of allylic oxidation sites excluding steroid dienone is 7. The van der Waals surface area contributed by atoms with Crippen molar-refractivity contribution in [3.63, 3.8) is 0 Å². The fourth-order valence-corrected chi connectivity index (χ4v) is 0.489. The van der Waals surface area contributed by atoms with E-state index in [9.17, 15) is 0 Å². The SMILES string of the molecule is C/C=C(C)/C=C/C=C(C)C.C=C(C)C. The highest BCUT2D eigenvalue weighted by Gasteiger charge is 1.74. The summed E-state index contributed by atoms with van der Waals surface area (Å²) in [6, 6.07) is 0. The van der Waals surface area contributed by atoms with Gasteiger partial charge in [0.15, 0.2) is 0 Å². The molecular weight excluding hydrogens is 168 g/mol. The van der Waals surface area contributed by atoms with E-state index in [2.05, 4.69) is 51.7 Å². The molecule has 14 heavy (non-hydrogen) atoms. The van der Waals surface area contributed by atoms with Crippen LogP contribution in [0.4, 0.5) is 0 Å². The lowest BCUT2D eigenvalue weighted by Gasteiger charge is -1.85. The second-order valence-corrected chi connectivity index (χ2v) is 3.84. The van der Waals surface area contributed by atoms with Crippen LogP contribution in [0, 0.1) is 0 Å². The zero-order valence-electron chi connectivity index (χ0n) is 10.5. The third kappa shape index (κ3) is 22.4. The summed E-state index contributed by atoms with van der Waals surface area (Å²) in [5.41, 5.74) is 3.80. The topological polar surface area (TPSA) is 0 Å². The van der Waals surface area contributed by atoms with Crippen LogP contribution >= 0.6 is 0 Å². The highest BCUT2D eigenvalue weighted by Crippen LogP contribution is 1.95. The summed E-state index contributed by atoms with van der Waals surface area (Å²) in [5, 5.41) is 0. The molecule has 0 saturated heterocycles. The van der Waals surface area contributed by atoms with E-state index in [1.165, 1.54) is 16.7 Å². The molecule has 0 fully saturated rings. The third-order valence-electron chi connectivity index (χ3n) is 1.24. The minimum absolute atomic E-state index is 1.17. The molecular formula is C14H24. The van der Waals surface area contributed by atoms with Gasteiger partial charge in [0.05, 0.1) is 0 Å². The van der Waals surface area contributed by atoms with Gasteiger partial charge >= 0.3 is 0 Å². The normalized spacial score (nSPS) is 10.6. The maximum absolute atomic E-state index is 3.56. The minimum Gasteiger partial charge on any atom is -0.100 e. The Morgan fingerprint density at radius 3 is 1.71 bits per heavy atom. The first-order chi connectivity index (χ1) is 6.40. The Balaban J connectivity index is 0. The van der Waals surface area contributed by atoms with Gasteiger partial charge in [-0.05, 0) is 41.5 Å². The lowest BCUT2D eigenvalue weighted by Crippen LogP contribution is -1.64. The molecule has 0 aromatic rings. The predicted molar refractivity (Wildman–Crippen MR) is 68.5 cm³/mol. The van der Waals surface area contributed by atoms with Crippen LogP contribution in [0.5, 0.6) is 0 Å². The van der Waals surface area contributed by atoms with Gasteiger partial charge in [-0.1, -0.05) is 41.0 Å². The van der Waals surface area contributed by atoms with Crippen molar-refractivity contribution in [2.24, 2.45) is 0 Å². The Morgan fingerprint density at radius 2 is 1.43 bits per heavy atom. The molecule has 0 heterocycles. The molecule has 0 spiro atoms. The van der Waals surface area contributed by atoms with Crippen LogP contribution in [0.25, 0.3) is 0 Å². The quantitative estimate of drug-likeness (QED) is 0.424. The Hall–Kier alpha value is -1.04. The average Bonchev–Trinajstić information content (AvgIpc) is 2.02. The van der Waals surface area contributed by atoms with E-state index in [4.69, 9.17) is 0 Å². The molecule has 0 bridgehead atoms. The summed E-state index contributed by atoms with van der Waals surface area (Å²) in [5.74, 6) is 0. The van der Waals surface area contributed by atoms with Crippen molar-refractivity contribution < 1.29 is 0 Å². The summed E-state index contributed by atoms with van der Waals surface area (Å²) >= 11 is 0. The molecule has 80 valence electrons. The van der Waals surface area contributed by atoms with Gasteiger partial charge in [-0.3, -0.25) is 0 Å². The summed E-state index contributed by atoms with van der Waals surface area (Å²) in [4.78, 5) is 0. The van der Waals surface area contributed by atoms with Crippen molar-refractivity contribution in [1.29, 1.82) is 0 Å². The van der Waals surface area contributed by atoms with Gasteiger partial charge in [0, 0.05) is 0 Å². The van der Waals surface area contributed by atoms with E-state index in [-0.39, 0.29) is 0 Å². The average molecular weight is 192 g/mol. The number of hydrogen-bond donors (Lipinski definition) is 0. The molecule has 0 aromatic carbocycles. The molecule has 0 saturated carbocycles. The second-order valence-electron chi connectivity index (χ2n) is 3.84. The molecule has 0 heteroatoms. The Morgan fingerprint density at radius 1 is 1.00 bits per heavy atom. The second kappa shape index (κ2) is 10.0. The Labute approximate surface area is 89.7 Å². The van der Waals surface area contributed by atoms with Gasteiger partial charge in [0.2, 0.25) is 0 Å². The molecule has 0 atom stereocenters. The van der Waals surface area contributed by atoms with Gasteiger partial charge in [-0.15, -0.1) is 6.58 Å². The molecule has 0 nitrogen and oxygen atoms in total. The van der Waals surface area contributed by atoms with Gasteiger partial charge in [-0.2, -0.15) is 0 Å². The van der Waals surface area contributed by atoms with E-state index < -0.39 is 0 Å². The van der Waals surface area contributed by atoms with Gasteiger partial charge in [0.1, 0.15) is 0 Å². The fourth-order valence-electron chi connectivity index (χ4n) is 0.489. The van der Waals surface area contributed by atoms with E-state index in [1.807, 2.05) is 20.8 Å². The van der Waals surface area contributed by atoms with Crippen molar-refractivity contribution in [3.05, 3.63) is 47.6 Å². The first-order valence-electron chi connectivity index (χ1n) is 4.96. The Kier molecular flexibility index (Phi) is 11.1. The molecule has 0 radical (unpaired) electrons.